The van der Waals surface area contributed by atoms with Crippen molar-refractivity contribution in [1.82, 2.24) is 4.98 Å². The Morgan fingerprint density at radius 3 is 2.59 bits per heavy atom. The lowest BCUT2D eigenvalue weighted by molar-refractivity contribution is 0.767. The Bertz CT molecular complexity index is 374. The first kappa shape index (κ1) is 14.7. The molecule has 0 bridgehead atoms. The van der Waals surface area contributed by atoms with E-state index in [4.69, 9.17) is 23.2 Å². The van der Waals surface area contributed by atoms with Crippen molar-refractivity contribution in [2.45, 2.75) is 19.4 Å². The number of thioether (sulfide) groups is 1. The van der Waals surface area contributed by atoms with E-state index >= 15 is 0 Å². The molecule has 0 aliphatic rings. The van der Waals surface area contributed by atoms with E-state index in [-0.39, 0.29) is 0 Å². The number of pyridine rings is 1. The number of halogens is 2. The predicted molar refractivity (Wildman–Crippen MR) is 79.9 cm³/mol. The highest BCUT2D eigenvalue weighted by molar-refractivity contribution is 7.98. The van der Waals surface area contributed by atoms with Gasteiger partial charge in [0.1, 0.15) is 11.6 Å². The van der Waals surface area contributed by atoms with Gasteiger partial charge in [-0.25, -0.2) is 4.98 Å². The smallest absolute Gasteiger partial charge is 0.147 e. The highest BCUT2D eigenvalue weighted by atomic mass is 35.5. The van der Waals surface area contributed by atoms with E-state index < -0.39 is 0 Å². The summed E-state index contributed by atoms with van der Waals surface area (Å²) in [5.74, 6) is 2.42. The molecule has 0 radical (unpaired) electrons. The van der Waals surface area contributed by atoms with E-state index in [1.54, 1.807) is 13.1 Å². The van der Waals surface area contributed by atoms with E-state index in [0.717, 1.165) is 12.2 Å². The van der Waals surface area contributed by atoms with Crippen molar-refractivity contribution >= 4 is 46.6 Å². The van der Waals surface area contributed by atoms with E-state index in [1.165, 1.54) is 0 Å². The SMILES string of the molecule is CNc1nc(NC(C)CCSC)c(Cl)cc1Cl. The van der Waals surface area contributed by atoms with Crippen LogP contribution in [-0.4, -0.2) is 30.1 Å². The largest absolute Gasteiger partial charge is 0.372 e. The number of aromatic nitrogens is 1. The Kier molecular flexibility index (Phi) is 6.23. The second kappa shape index (κ2) is 7.19. The standard InChI is InChI=1S/C11H17Cl2N3S/c1-7(4-5-17-3)15-11-9(13)6-8(12)10(14-2)16-11/h6-7H,4-5H2,1-3H3,(H2,14,15,16). The third kappa shape index (κ3) is 4.45. The Balaban J connectivity index is 2.76. The topological polar surface area (TPSA) is 37.0 Å². The summed E-state index contributed by atoms with van der Waals surface area (Å²) < 4.78 is 0. The molecule has 96 valence electrons. The van der Waals surface area contributed by atoms with Crippen molar-refractivity contribution in [3.63, 3.8) is 0 Å². The molecule has 0 saturated heterocycles. The molecular formula is C11H17Cl2N3S. The number of nitrogens with zero attached hydrogens (tertiary/aromatic N) is 1. The van der Waals surface area contributed by atoms with Crippen LogP contribution >= 0.6 is 35.0 Å². The van der Waals surface area contributed by atoms with Gasteiger partial charge >= 0.3 is 0 Å². The highest BCUT2D eigenvalue weighted by Crippen LogP contribution is 2.29. The first-order valence-electron chi connectivity index (χ1n) is 5.37. The molecule has 0 fully saturated rings. The van der Waals surface area contributed by atoms with Crippen LogP contribution < -0.4 is 10.6 Å². The molecule has 1 aromatic heterocycles. The molecule has 0 aromatic carbocycles. The van der Waals surface area contributed by atoms with Gasteiger partial charge in [-0.2, -0.15) is 11.8 Å². The summed E-state index contributed by atoms with van der Waals surface area (Å²) in [6.45, 7) is 2.11. The van der Waals surface area contributed by atoms with E-state index in [1.807, 2.05) is 11.8 Å². The summed E-state index contributed by atoms with van der Waals surface area (Å²) in [4.78, 5) is 4.35. The fourth-order valence-corrected chi connectivity index (χ4v) is 2.44. The van der Waals surface area contributed by atoms with Gasteiger partial charge in [0.15, 0.2) is 0 Å². The minimum Gasteiger partial charge on any atom is -0.372 e. The van der Waals surface area contributed by atoms with Gasteiger partial charge in [0.2, 0.25) is 0 Å². The van der Waals surface area contributed by atoms with E-state index in [2.05, 4.69) is 28.8 Å². The van der Waals surface area contributed by atoms with Crippen LogP contribution in [0.4, 0.5) is 11.6 Å². The molecule has 1 unspecified atom stereocenters. The molecule has 0 spiro atoms. The van der Waals surface area contributed by atoms with Crippen LogP contribution in [-0.2, 0) is 0 Å². The van der Waals surface area contributed by atoms with E-state index in [9.17, 15) is 0 Å². The van der Waals surface area contributed by atoms with Gasteiger partial charge in [-0.1, -0.05) is 23.2 Å². The Morgan fingerprint density at radius 2 is 2.00 bits per heavy atom. The van der Waals surface area contributed by atoms with Gasteiger partial charge in [0, 0.05) is 13.1 Å². The number of rotatable bonds is 6. The van der Waals surface area contributed by atoms with Crippen LogP contribution in [0.3, 0.4) is 0 Å². The number of hydrogen-bond acceptors (Lipinski definition) is 4. The lowest BCUT2D eigenvalue weighted by Gasteiger charge is -2.16. The van der Waals surface area contributed by atoms with Crippen molar-refractivity contribution in [3.8, 4) is 0 Å². The second-order valence-corrected chi connectivity index (χ2v) is 5.53. The van der Waals surface area contributed by atoms with Crippen LogP contribution in [0.15, 0.2) is 6.07 Å². The summed E-state index contributed by atoms with van der Waals surface area (Å²) in [7, 11) is 1.78. The number of anilines is 2. The minimum absolute atomic E-state index is 0.332. The quantitative estimate of drug-likeness (QED) is 0.832. The van der Waals surface area contributed by atoms with Crippen molar-refractivity contribution < 1.29 is 0 Å². The maximum atomic E-state index is 6.09. The molecule has 0 amide bonds. The van der Waals surface area contributed by atoms with Gasteiger partial charge in [0.05, 0.1) is 10.0 Å². The minimum atomic E-state index is 0.332. The average molecular weight is 294 g/mol. The van der Waals surface area contributed by atoms with Crippen LogP contribution in [0.25, 0.3) is 0 Å². The van der Waals surface area contributed by atoms with Crippen molar-refractivity contribution in [2.75, 3.05) is 29.7 Å². The van der Waals surface area contributed by atoms with Crippen LogP contribution in [0.1, 0.15) is 13.3 Å². The second-order valence-electron chi connectivity index (χ2n) is 3.73. The molecule has 0 aliphatic heterocycles. The fourth-order valence-electron chi connectivity index (χ4n) is 1.34. The van der Waals surface area contributed by atoms with Gasteiger partial charge in [-0.3, -0.25) is 0 Å². The fraction of sp³-hybridized carbons (Fsp3) is 0.545. The number of hydrogen-bond donors (Lipinski definition) is 2. The molecule has 1 rings (SSSR count). The zero-order valence-electron chi connectivity index (χ0n) is 10.2. The zero-order chi connectivity index (χ0) is 12.8. The molecule has 2 N–H and O–H groups in total. The normalized spacial score (nSPS) is 12.3. The lowest BCUT2D eigenvalue weighted by Crippen LogP contribution is -2.17. The number of nitrogens with one attached hydrogen (secondary N) is 2. The lowest BCUT2D eigenvalue weighted by atomic mass is 10.2. The Hall–Kier alpha value is -0.320. The predicted octanol–water partition coefficient (Wildman–Crippen LogP) is 3.98. The van der Waals surface area contributed by atoms with Gasteiger partial charge < -0.3 is 10.6 Å². The zero-order valence-corrected chi connectivity index (χ0v) is 12.5. The molecule has 0 saturated carbocycles. The summed E-state index contributed by atoms with van der Waals surface area (Å²) >= 11 is 13.9. The Morgan fingerprint density at radius 1 is 1.35 bits per heavy atom. The molecular weight excluding hydrogens is 277 g/mol. The molecule has 6 heteroatoms. The molecule has 1 heterocycles. The maximum absolute atomic E-state index is 6.09. The molecule has 3 nitrogen and oxygen atoms in total. The van der Waals surface area contributed by atoms with Crippen molar-refractivity contribution in [2.24, 2.45) is 0 Å². The maximum Gasteiger partial charge on any atom is 0.147 e. The monoisotopic (exact) mass is 293 g/mol. The third-order valence-corrected chi connectivity index (χ3v) is 3.52. The summed E-state index contributed by atoms with van der Waals surface area (Å²) in [6, 6.07) is 2.03. The van der Waals surface area contributed by atoms with Gasteiger partial charge in [-0.05, 0) is 31.4 Å². The average Bonchev–Trinajstić information content (AvgIpc) is 2.30. The summed E-state index contributed by atoms with van der Waals surface area (Å²) in [5, 5.41) is 7.30. The van der Waals surface area contributed by atoms with Gasteiger partial charge in [0.25, 0.3) is 0 Å². The Labute approximate surface area is 117 Å². The summed E-state index contributed by atoms with van der Waals surface area (Å²) in [6.07, 6.45) is 3.16. The van der Waals surface area contributed by atoms with Crippen molar-refractivity contribution in [3.05, 3.63) is 16.1 Å². The molecule has 1 atom stereocenters. The van der Waals surface area contributed by atoms with E-state index in [0.29, 0.717) is 27.7 Å². The highest BCUT2D eigenvalue weighted by Gasteiger charge is 2.10. The molecule has 17 heavy (non-hydrogen) atoms. The molecule has 1 aromatic rings. The third-order valence-electron chi connectivity index (χ3n) is 2.30. The van der Waals surface area contributed by atoms with Crippen LogP contribution in [0.5, 0.6) is 0 Å². The van der Waals surface area contributed by atoms with Crippen molar-refractivity contribution in [1.29, 1.82) is 0 Å². The van der Waals surface area contributed by atoms with Crippen LogP contribution in [0.2, 0.25) is 10.0 Å². The first-order chi connectivity index (χ1) is 8.08. The molecule has 0 aliphatic carbocycles. The van der Waals surface area contributed by atoms with Crippen LogP contribution in [0, 0.1) is 0 Å². The first-order valence-corrected chi connectivity index (χ1v) is 7.52. The van der Waals surface area contributed by atoms with Gasteiger partial charge in [-0.15, -0.1) is 0 Å². The summed E-state index contributed by atoms with van der Waals surface area (Å²) in [5.41, 5.74) is 0.